The zero-order valence-corrected chi connectivity index (χ0v) is 12.0. The minimum atomic E-state index is 0.811. The molecule has 0 amide bonds. The maximum absolute atomic E-state index is 3.88. The van der Waals surface area contributed by atoms with Gasteiger partial charge in [0.05, 0.1) is 0 Å². The summed E-state index contributed by atoms with van der Waals surface area (Å²) in [6.07, 6.45) is 10.1. The summed E-state index contributed by atoms with van der Waals surface area (Å²) >= 11 is 0. The summed E-state index contributed by atoms with van der Waals surface area (Å²) in [4.78, 5) is 0. The Morgan fingerprint density at radius 1 is 0.824 bits per heavy atom. The Balaban J connectivity index is 1.67. The topological polar surface area (TPSA) is 12.0 Å². The van der Waals surface area contributed by atoms with Gasteiger partial charge in [-0.1, -0.05) is 33.6 Å². The average Bonchev–Trinajstić information content (AvgIpc) is 2.30. The minimum Gasteiger partial charge on any atom is -0.313 e. The van der Waals surface area contributed by atoms with Gasteiger partial charge in [0, 0.05) is 6.04 Å². The molecule has 0 aromatic heterocycles. The molecule has 0 spiro atoms. The van der Waals surface area contributed by atoms with Crippen LogP contribution in [0.4, 0.5) is 0 Å². The van der Waals surface area contributed by atoms with Crippen LogP contribution in [0.2, 0.25) is 0 Å². The van der Waals surface area contributed by atoms with Gasteiger partial charge in [-0.15, -0.1) is 0 Å². The molecule has 100 valence electrons. The summed E-state index contributed by atoms with van der Waals surface area (Å²) in [7, 11) is 0. The highest BCUT2D eigenvalue weighted by molar-refractivity contribution is 4.82. The molecule has 2 aliphatic carbocycles. The van der Waals surface area contributed by atoms with E-state index in [2.05, 4.69) is 26.1 Å². The molecule has 17 heavy (non-hydrogen) atoms. The van der Waals surface area contributed by atoms with Gasteiger partial charge in [0.15, 0.2) is 0 Å². The number of hydrogen-bond acceptors (Lipinski definition) is 1. The van der Waals surface area contributed by atoms with Crippen LogP contribution in [0.25, 0.3) is 0 Å². The Labute approximate surface area is 108 Å². The highest BCUT2D eigenvalue weighted by Gasteiger charge is 2.26. The number of nitrogens with one attached hydrogen (secondary N) is 1. The lowest BCUT2D eigenvalue weighted by Gasteiger charge is -2.35. The first kappa shape index (κ1) is 13.4. The second-order valence-corrected chi connectivity index (χ2v) is 7.04. The monoisotopic (exact) mass is 237 g/mol. The zero-order chi connectivity index (χ0) is 12.3. The summed E-state index contributed by atoms with van der Waals surface area (Å²) in [5, 5.41) is 3.88. The van der Waals surface area contributed by atoms with E-state index in [4.69, 9.17) is 0 Å². The van der Waals surface area contributed by atoms with Crippen LogP contribution in [0.5, 0.6) is 0 Å². The van der Waals surface area contributed by atoms with Crippen molar-refractivity contribution < 1.29 is 0 Å². The van der Waals surface area contributed by atoms with Gasteiger partial charge in [0.25, 0.3) is 0 Å². The zero-order valence-electron chi connectivity index (χ0n) is 12.0. The predicted molar refractivity (Wildman–Crippen MR) is 75.1 cm³/mol. The first-order valence-corrected chi connectivity index (χ1v) is 7.88. The Morgan fingerprint density at radius 2 is 1.47 bits per heavy atom. The summed E-state index contributed by atoms with van der Waals surface area (Å²) in [6.45, 7) is 8.55. The molecule has 0 aromatic rings. The van der Waals surface area contributed by atoms with E-state index in [0.29, 0.717) is 0 Å². The van der Waals surface area contributed by atoms with Gasteiger partial charge < -0.3 is 5.32 Å². The predicted octanol–water partition coefficient (Wildman–Crippen LogP) is 4.23. The molecule has 2 rings (SSSR count). The molecule has 0 aliphatic heterocycles. The normalized spacial score (nSPS) is 43.6. The summed E-state index contributed by atoms with van der Waals surface area (Å²) in [5.74, 6) is 3.80. The molecule has 2 fully saturated rings. The lowest BCUT2D eigenvalue weighted by molar-refractivity contribution is 0.206. The van der Waals surface area contributed by atoms with E-state index in [0.717, 1.165) is 29.7 Å². The van der Waals surface area contributed by atoms with Crippen molar-refractivity contribution in [2.45, 2.75) is 71.8 Å². The van der Waals surface area contributed by atoms with Crippen molar-refractivity contribution in [1.29, 1.82) is 0 Å². The summed E-state index contributed by atoms with van der Waals surface area (Å²) in [6, 6.07) is 0.811. The van der Waals surface area contributed by atoms with E-state index in [-0.39, 0.29) is 0 Å². The van der Waals surface area contributed by atoms with Crippen LogP contribution in [0.3, 0.4) is 0 Å². The van der Waals surface area contributed by atoms with E-state index in [1.807, 2.05) is 0 Å². The van der Waals surface area contributed by atoms with E-state index in [1.54, 1.807) is 0 Å². The van der Waals surface area contributed by atoms with Crippen molar-refractivity contribution in [2.75, 3.05) is 6.54 Å². The molecular weight excluding hydrogens is 206 g/mol. The summed E-state index contributed by atoms with van der Waals surface area (Å²) < 4.78 is 0. The molecule has 3 atom stereocenters. The average molecular weight is 237 g/mol. The molecule has 0 saturated heterocycles. The van der Waals surface area contributed by atoms with Gasteiger partial charge in [-0.2, -0.15) is 0 Å². The first-order valence-electron chi connectivity index (χ1n) is 7.88. The fourth-order valence-corrected chi connectivity index (χ4v) is 3.82. The van der Waals surface area contributed by atoms with Crippen molar-refractivity contribution in [1.82, 2.24) is 5.32 Å². The quantitative estimate of drug-likeness (QED) is 0.774. The molecule has 1 heteroatoms. The van der Waals surface area contributed by atoms with Crippen molar-refractivity contribution in [2.24, 2.45) is 23.7 Å². The van der Waals surface area contributed by atoms with Gasteiger partial charge in [0.2, 0.25) is 0 Å². The Bertz CT molecular complexity index is 218. The Morgan fingerprint density at radius 3 is 2.12 bits per heavy atom. The van der Waals surface area contributed by atoms with Crippen LogP contribution < -0.4 is 5.32 Å². The molecule has 2 saturated carbocycles. The van der Waals surface area contributed by atoms with Gasteiger partial charge >= 0.3 is 0 Å². The molecular formula is C16H31N. The van der Waals surface area contributed by atoms with Crippen molar-refractivity contribution in [3.63, 3.8) is 0 Å². The Hall–Kier alpha value is -0.0400. The van der Waals surface area contributed by atoms with Crippen LogP contribution >= 0.6 is 0 Å². The second kappa shape index (κ2) is 6.22. The highest BCUT2D eigenvalue weighted by atomic mass is 14.9. The fourth-order valence-electron chi connectivity index (χ4n) is 3.82. The molecule has 0 bridgehead atoms. The lowest BCUT2D eigenvalue weighted by Crippen LogP contribution is -2.41. The fraction of sp³-hybridized carbons (Fsp3) is 1.00. The third kappa shape index (κ3) is 3.98. The van der Waals surface area contributed by atoms with Gasteiger partial charge in [-0.3, -0.25) is 0 Å². The van der Waals surface area contributed by atoms with Crippen LogP contribution in [0, 0.1) is 23.7 Å². The first-order chi connectivity index (χ1) is 8.15. The summed E-state index contributed by atoms with van der Waals surface area (Å²) in [5.41, 5.74) is 0. The van der Waals surface area contributed by atoms with Gasteiger partial charge in [-0.25, -0.2) is 0 Å². The van der Waals surface area contributed by atoms with Crippen molar-refractivity contribution in [3.05, 3.63) is 0 Å². The van der Waals surface area contributed by atoms with Gasteiger partial charge in [-0.05, 0) is 62.3 Å². The van der Waals surface area contributed by atoms with E-state index in [9.17, 15) is 0 Å². The maximum atomic E-state index is 3.88. The lowest BCUT2D eigenvalue weighted by atomic mass is 9.79. The molecule has 0 radical (unpaired) electrons. The third-order valence-electron chi connectivity index (χ3n) is 5.24. The van der Waals surface area contributed by atoms with Gasteiger partial charge in [0.1, 0.15) is 0 Å². The standard InChI is InChI=1S/C16H31N/c1-12-4-7-15(8-5-12)11-17-16-9-6-13(2)10-14(16)3/h12-17H,4-11H2,1-3H3. The molecule has 3 unspecified atom stereocenters. The van der Waals surface area contributed by atoms with E-state index in [1.165, 1.54) is 51.5 Å². The minimum absolute atomic E-state index is 0.811. The van der Waals surface area contributed by atoms with Crippen molar-refractivity contribution >= 4 is 0 Å². The Kier molecular flexibility index (Phi) is 4.90. The van der Waals surface area contributed by atoms with Crippen LogP contribution in [0.15, 0.2) is 0 Å². The SMILES string of the molecule is CC1CCC(CNC2CCC(C)CC2C)CC1. The molecule has 1 N–H and O–H groups in total. The molecule has 0 heterocycles. The number of rotatable bonds is 3. The third-order valence-corrected chi connectivity index (χ3v) is 5.24. The van der Waals surface area contributed by atoms with E-state index < -0.39 is 0 Å². The highest BCUT2D eigenvalue weighted by Crippen LogP contribution is 2.30. The maximum Gasteiger partial charge on any atom is 0.00930 e. The molecule has 0 aromatic carbocycles. The van der Waals surface area contributed by atoms with Crippen LogP contribution in [-0.2, 0) is 0 Å². The largest absolute Gasteiger partial charge is 0.313 e. The van der Waals surface area contributed by atoms with Crippen LogP contribution in [-0.4, -0.2) is 12.6 Å². The second-order valence-electron chi connectivity index (χ2n) is 7.04. The molecule has 2 aliphatic rings. The molecule has 1 nitrogen and oxygen atoms in total. The van der Waals surface area contributed by atoms with Crippen LogP contribution in [0.1, 0.15) is 65.7 Å². The van der Waals surface area contributed by atoms with E-state index >= 15 is 0 Å². The number of hydrogen-bond donors (Lipinski definition) is 1. The van der Waals surface area contributed by atoms with Crippen molar-refractivity contribution in [3.8, 4) is 0 Å². The smallest absolute Gasteiger partial charge is 0.00930 e.